The highest BCUT2D eigenvalue weighted by molar-refractivity contribution is 6.37. The second kappa shape index (κ2) is 10.0. The lowest BCUT2D eigenvalue weighted by molar-refractivity contribution is 0.0526. The lowest BCUT2D eigenvalue weighted by Crippen LogP contribution is -2.37. The quantitative estimate of drug-likeness (QED) is 0.659. The molecule has 0 radical (unpaired) electrons. The van der Waals surface area contributed by atoms with E-state index in [4.69, 9.17) is 37.4 Å². The van der Waals surface area contributed by atoms with Crippen LogP contribution in [0.15, 0.2) is 30.3 Å². The molecule has 2 aromatic rings. The van der Waals surface area contributed by atoms with Gasteiger partial charge in [-0.05, 0) is 37.3 Å². The number of amides is 1. The molecule has 1 saturated heterocycles. The van der Waals surface area contributed by atoms with Crippen LogP contribution >= 0.6 is 23.2 Å². The monoisotopic (exact) mass is 452 g/mol. The van der Waals surface area contributed by atoms with Crippen LogP contribution in [0.1, 0.15) is 27.6 Å². The number of rotatable bonds is 6. The van der Waals surface area contributed by atoms with E-state index in [1.54, 1.807) is 25.1 Å². The number of hydrogen-bond acceptors (Lipinski definition) is 6. The molecule has 1 amide bonds. The van der Waals surface area contributed by atoms with Crippen molar-refractivity contribution in [2.75, 3.05) is 50.2 Å². The standard InChI is InChI=1S/C21H22Cl2N2O5/c1-3-30-21(27)15-12-14(4-5-18(15)25-6-8-29-9-7-25)24-20(26)13-10-16(22)19(28-2)17(23)11-13/h4-5,10-12H,3,6-9H2,1-2H3,(H,24,26). The molecule has 2 aromatic carbocycles. The van der Waals surface area contributed by atoms with E-state index in [1.807, 2.05) is 0 Å². The summed E-state index contributed by atoms with van der Waals surface area (Å²) in [6, 6.07) is 8.07. The second-order valence-electron chi connectivity index (χ2n) is 6.48. The summed E-state index contributed by atoms with van der Waals surface area (Å²) in [5.74, 6) is -0.574. The van der Waals surface area contributed by atoms with Gasteiger partial charge in [0, 0.05) is 24.3 Å². The van der Waals surface area contributed by atoms with Gasteiger partial charge in [-0.25, -0.2) is 4.79 Å². The van der Waals surface area contributed by atoms with E-state index in [0.717, 1.165) is 5.69 Å². The molecule has 1 aliphatic heterocycles. The third-order valence-electron chi connectivity index (χ3n) is 4.57. The number of morpholine rings is 1. The van der Waals surface area contributed by atoms with Gasteiger partial charge in [-0.15, -0.1) is 0 Å². The Labute approximate surface area is 184 Å². The van der Waals surface area contributed by atoms with Crippen LogP contribution < -0.4 is 15.0 Å². The molecule has 160 valence electrons. The van der Waals surface area contributed by atoms with E-state index in [2.05, 4.69) is 10.2 Å². The van der Waals surface area contributed by atoms with Gasteiger partial charge in [0.2, 0.25) is 0 Å². The molecule has 0 unspecified atom stereocenters. The molecule has 0 spiro atoms. The normalized spacial score (nSPS) is 13.7. The molecule has 0 aromatic heterocycles. The molecule has 0 saturated carbocycles. The fraction of sp³-hybridized carbons (Fsp3) is 0.333. The van der Waals surface area contributed by atoms with Crippen LogP contribution in [0.2, 0.25) is 10.0 Å². The summed E-state index contributed by atoms with van der Waals surface area (Å²) in [6.07, 6.45) is 0. The molecular formula is C21H22Cl2N2O5. The van der Waals surface area contributed by atoms with Crippen molar-refractivity contribution in [3.8, 4) is 5.75 Å². The molecule has 0 aliphatic carbocycles. The maximum absolute atomic E-state index is 12.7. The Bertz CT molecular complexity index is 922. The van der Waals surface area contributed by atoms with Crippen LogP contribution in [0.5, 0.6) is 5.75 Å². The molecular weight excluding hydrogens is 431 g/mol. The SMILES string of the molecule is CCOC(=O)c1cc(NC(=O)c2cc(Cl)c(OC)c(Cl)c2)ccc1N1CCOCC1. The van der Waals surface area contributed by atoms with Gasteiger partial charge in [0.1, 0.15) is 0 Å². The maximum atomic E-state index is 12.7. The Kier molecular flexibility index (Phi) is 7.42. The number of carbonyl (C=O) groups excluding carboxylic acids is 2. The predicted molar refractivity (Wildman–Crippen MR) is 116 cm³/mol. The number of halogens is 2. The Morgan fingerprint density at radius 1 is 1.13 bits per heavy atom. The van der Waals surface area contributed by atoms with Crippen LogP contribution in [-0.4, -0.2) is 51.9 Å². The first kappa shape index (κ1) is 22.2. The number of carbonyl (C=O) groups is 2. The third-order valence-corrected chi connectivity index (χ3v) is 5.13. The molecule has 3 rings (SSSR count). The van der Waals surface area contributed by atoms with Crippen LogP contribution in [0, 0.1) is 0 Å². The van der Waals surface area contributed by atoms with E-state index >= 15 is 0 Å². The number of anilines is 2. The van der Waals surface area contributed by atoms with Gasteiger partial charge in [-0.2, -0.15) is 0 Å². The van der Waals surface area contributed by atoms with Crippen molar-refractivity contribution in [2.45, 2.75) is 6.92 Å². The number of esters is 1. The number of nitrogens with one attached hydrogen (secondary N) is 1. The van der Waals surface area contributed by atoms with Crippen molar-refractivity contribution in [1.29, 1.82) is 0 Å². The molecule has 30 heavy (non-hydrogen) atoms. The first-order valence-corrected chi connectivity index (χ1v) is 10.2. The minimum atomic E-state index is -0.453. The summed E-state index contributed by atoms with van der Waals surface area (Å²) in [5, 5.41) is 3.22. The predicted octanol–water partition coefficient (Wildman–Crippen LogP) is 4.27. The van der Waals surface area contributed by atoms with Crippen LogP contribution in [0.4, 0.5) is 11.4 Å². The number of benzene rings is 2. The Morgan fingerprint density at radius 3 is 2.40 bits per heavy atom. The summed E-state index contributed by atoms with van der Waals surface area (Å²) in [7, 11) is 1.44. The van der Waals surface area contributed by atoms with Gasteiger partial charge in [0.05, 0.1) is 48.2 Å². The highest BCUT2D eigenvalue weighted by Gasteiger charge is 2.21. The van der Waals surface area contributed by atoms with Gasteiger partial charge >= 0.3 is 5.97 Å². The molecule has 0 atom stereocenters. The molecule has 1 fully saturated rings. The zero-order chi connectivity index (χ0) is 21.7. The third kappa shape index (κ3) is 4.98. The van der Waals surface area contributed by atoms with Crippen molar-refractivity contribution in [3.63, 3.8) is 0 Å². The molecule has 1 heterocycles. The zero-order valence-electron chi connectivity index (χ0n) is 16.7. The number of methoxy groups -OCH3 is 1. The van der Waals surface area contributed by atoms with Crippen molar-refractivity contribution in [2.24, 2.45) is 0 Å². The van der Waals surface area contributed by atoms with Gasteiger partial charge < -0.3 is 24.4 Å². The fourth-order valence-corrected chi connectivity index (χ4v) is 3.80. The average Bonchev–Trinajstić information content (AvgIpc) is 2.74. The summed E-state index contributed by atoms with van der Waals surface area (Å²) in [4.78, 5) is 27.3. The van der Waals surface area contributed by atoms with E-state index in [9.17, 15) is 9.59 Å². The minimum absolute atomic E-state index is 0.227. The Hall–Kier alpha value is -2.48. The lowest BCUT2D eigenvalue weighted by Gasteiger charge is -2.30. The zero-order valence-corrected chi connectivity index (χ0v) is 18.2. The second-order valence-corrected chi connectivity index (χ2v) is 7.29. The minimum Gasteiger partial charge on any atom is -0.494 e. The van der Waals surface area contributed by atoms with E-state index in [1.165, 1.54) is 19.2 Å². The fourth-order valence-electron chi connectivity index (χ4n) is 3.16. The lowest BCUT2D eigenvalue weighted by atomic mass is 10.1. The van der Waals surface area contributed by atoms with Gasteiger partial charge in [-0.1, -0.05) is 23.2 Å². The summed E-state index contributed by atoms with van der Waals surface area (Å²) < 4.78 is 15.7. The number of hydrogen-bond donors (Lipinski definition) is 1. The number of ether oxygens (including phenoxy) is 3. The van der Waals surface area contributed by atoms with Gasteiger partial charge in [0.15, 0.2) is 5.75 Å². The van der Waals surface area contributed by atoms with Crippen LogP contribution in [0.25, 0.3) is 0 Å². The molecule has 7 nitrogen and oxygen atoms in total. The van der Waals surface area contributed by atoms with E-state index in [-0.39, 0.29) is 22.2 Å². The van der Waals surface area contributed by atoms with Crippen molar-refractivity contribution in [3.05, 3.63) is 51.5 Å². The van der Waals surface area contributed by atoms with Crippen molar-refractivity contribution in [1.82, 2.24) is 0 Å². The highest BCUT2D eigenvalue weighted by atomic mass is 35.5. The first-order valence-electron chi connectivity index (χ1n) is 9.42. The van der Waals surface area contributed by atoms with Crippen molar-refractivity contribution >= 4 is 46.5 Å². The Balaban J connectivity index is 1.88. The van der Waals surface area contributed by atoms with Gasteiger partial charge in [-0.3, -0.25) is 4.79 Å². The van der Waals surface area contributed by atoms with E-state index in [0.29, 0.717) is 43.3 Å². The number of nitrogens with zero attached hydrogens (tertiary/aromatic N) is 1. The molecule has 1 aliphatic rings. The molecule has 0 bridgehead atoms. The van der Waals surface area contributed by atoms with E-state index < -0.39 is 11.9 Å². The first-order chi connectivity index (χ1) is 14.4. The van der Waals surface area contributed by atoms with Crippen LogP contribution in [0.3, 0.4) is 0 Å². The van der Waals surface area contributed by atoms with Crippen molar-refractivity contribution < 1.29 is 23.8 Å². The summed E-state index contributed by atoms with van der Waals surface area (Å²) >= 11 is 12.2. The topological polar surface area (TPSA) is 77.1 Å². The summed E-state index contributed by atoms with van der Waals surface area (Å²) in [5.41, 5.74) is 1.83. The molecule has 9 heteroatoms. The Morgan fingerprint density at radius 2 is 1.80 bits per heavy atom. The van der Waals surface area contributed by atoms with Gasteiger partial charge in [0.25, 0.3) is 5.91 Å². The summed E-state index contributed by atoms with van der Waals surface area (Å²) in [6.45, 7) is 4.50. The largest absolute Gasteiger partial charge is 0.494 e. The molecule has 1 N–H and O–H groups in total. The maximum Gasteiger partial charge on any atom is 0.340 e. The smallest absolute Gasteiger partial charge is 0.340 e. The average molecular weight is 453 g/mol. The highest BCUT2D eigenvalue weighted by Crippen LogP contribution is 2.34. The van der Waals surface area contributed by atoms with Crippen LogP contribution in [-0.2, 0) is 9.47 Å².